The van der Waals surface area contributed by atoms with Gasteiger partial charge >= 0.3 is 0 Å². The number of allylic oxidation sites excluding steroid dienone is 2. The van der Waals surface area contributed by atoms with Gasteiger partial charge < -0.3 is 14.6 Å². The van der Waals surface area contributed by atoms with Crippen LogP contribution in [0.3, 0.4) is 0 Å². The van der Waals surface area contributed by atoms with E-state index in [1.165, 1.54) is 0 Å². The Morgan fingerprint density at radius 1 is 1.28 bits per heavy atom. The van der Waals surface area contributed by atoms with E-state index in [9.17, 15) is 0 Å². The highest BCUT2D eigenvalue weighted by atomic mass is 79.9. The standard InChI is InChI=1S/C19H20BrClN2O2/c1-12-18(19(25-23-12)14-7-9-15(20)10-8-14)22-11-24-13(2)16-5-3-4-6-17(16)21/h5-10,13,22H,3-4,11H2,1-2H3. The topological polar surface area (TPSA) is 47.3 Å². The van der Waals surface area contributed by atoms with Gasteiger partial charge in [0.25, 0.3) is 0 Å². The molecule has 0 saturated heterocycles. The number of hydrogen-bond acceptors (Lipinski definition) is 4. The summed E-state index contributed by atoms with van der Waals surface area (Å²) in [4.78, 5) is 0. The number of aryl methyl sites for hydroxylation is 1. The lowest BCUT2D eigenvalue weighted by Crippen LogP contribution is -2.18. The quantitative estimate of drug-likeness (QED) is 0.576. The zero-order chi connectivity index (χ0) is 17.8. The van der Waals surface area contributed by atoms with Gasteiger partial charge in [-0.15, -0.1) is 0 Å². The zero-order valence-electron chi connectivity index (χ0n) is 14.2. The minimum Gasteiger partial charge on any atom is -0.358 e. The van der Waals surface area contributed by atoms with E-state index >= 15 is 0 Å². The van der Waals surface area contributed by atoms with Crippen LogP contribution in [0.4, 0.5) is 5.69 Å². The second kappa shape index (κ2) is 8.21. The van der Waals surface area contributed by atoms with Crippen molar-refractivity contribution in [2.24, 2.45) is 0 Å². The number of halogens is 2. The molecule has 0 saturated carbocycles. The minimum absolute atomic E-state index is 0.0761. The number of nitrogens with one attached hydrogen (secondary N) is 1. The molecule has 132 valence electrons. The Labute approximate surface area is 161 Å². The molecule has 0 fully saturated rings. The Hall–Kier alpha value is -1.56. The maximum Gasteiger partial charge on any atom is 0.190 e. The van der Waals surface area contributed by atoms with Crippen LogP contribution in [0, 0.1) is 6.92 Å². The van der Waals surface area contributed by atoms with Gasteiger partial charge in [-0.05, 0) is 56.5 Å². The van der Waals surface area contributed by atoms with Crippen LogP contribution in [-0.2, 0) is 4.74 Å². The second-order valence-electron chi connectivity index (χ2n) is 5.90. The highest BCUT2D eigenvalue weighted by molar-refractivity contribution is 9.10. The Morgan fingerprint density at radius 2 is 2.00 bits per heavy atom. The van der Waals surface area contributed by atoms with Crippen molar-refractivity contribution in [2.75, 3.05) is 12.0 Å². The molecule has 0 aliphatic heterocycles. The summed E-state index contributed by atoms with van der Waals surface area (Å²) < 4.78 is 12.4. The number of aromatic nitrogens is 1. The summed E-state index contributed by atoms with van der Waals surface area (Å²) in [6, 6.07) is 7.91. The fourth-order valence-corrected chi connectivity index (χ4v) is 3.33. The Morgan fingerprint density at radius 3 is 2.72 bits per heavy atom. The predicted molar refractivity (Wildman–Crippen MR) is 105 cm³/mol. The van der Waals surface area contributed by atoms with Crippen LogP contribution in [0.5, 0.6) is 0 Å². The van der Waals surface area contributed by atoms with Crippen LogP contribution in [0.1, 0.15) is 25.5 Å². The van der Waals surface area contributed by atoms with Gasteiger partial charge in [0, 0.05) is 15.1 Å². The van der Waals surface area contributed by atoms with Crippen molar-refractivity contribution in [3.63, 3.8) is 0 Å². The van der Waals surface area contributed by atoms with E-state index < -0.39 is 0 Å². The molecule has 25 heavy (non-hydrogen) atoms. The van der Waals surface area contributed by atoms with Crippen molar-refractivity contribution in [2.45, 2.75) is 32.8 Å². The molecule has 1 aromatic carbocycles. The van der Waals surface area contributed by atoms with Crippen molar-refractivity contribution >= 4 is 33.2 Å². The third kappa shape index (κ3) is 4.35. The molecule has 1 aliphatic rings. The van der Waals surface area contributed by atoms with Gasteiger partial charge in [0.1, 0.15) is 18.1 Å². The van der Waals surface area contributed by atoms with E-state index in [2.05, 4.69) is 32.5 Å². The van der Waals surface area contributed by atoms with Gasteiger partial charge in [0.15, 0.2) is 5.76 Å². The number of ether oxygens (including phenoxy) is 1. The molecule has 1 atom stereocenters. The van der Waals surface area contributed by atoms with E-state index in [4.69, 9.17) is 20.9 Å². The maximum absolute atomic E-state index is 6.26. The first-order chi connectivity index (χ1) is 12.1. The van der Waals surface area contributed by atoms with Crippen molar-refractivity contribution in [3.8, 4) is 11.3 Å². The molecule has 0 amide bonds. The zero-order valence-corrected chi connectivity index (χ0v) is 16.5. The highest BCUT2D eigenvalue weighted by Gasteiger charge is 2.17. The summed E-state index contributed by atoms with van der Waals surface area (Å²) in [5.41, 5.74) is 3.64. The second-order valence-corrected chi connectivity index (χ2v) is 7.22. The van der Waals surface area contributed by atoms with E-state index in [1.54, 1.807) is 0 Å². The smallest absolute Gasteiger partial charge is 0.190 e. The Balaban J connectivity index is 1.66. The van der Waals surface area contributed by atoms with Gasteiger partial charge in [0.2, 0.25) is 0 Å². The van der Waals surface area contributed by atoms with E-state index in [0.717, 1.165) is 44.9 Å². The molecule has 1 N–H and O–H groups in total. The Bertz CT molecular complexity index is 796. The molecule has 1 aromatic heterocycles. The third-order valence-corrected chi connectivity index (χ3v) is 5.02. The first-order valence-corrected chi connectivity index (χ1v) is 9.37. The molecule has 2 aromatic rings. The molecule has 1 heterocycles. The number of nitrogens with zero attached hydrogens (tertiary/aromatic N) is 1. The van der Waals surface area contributed by atoms with Crippen molar-refractivity contribution in [1.82, 2.24) is 5.16 Å². The molecule has 4 nitrogen and oxygen atoms in total. The van der Waals surface area contributed by atoms with E-state index in [1.807, 2.05) is 44.2 Å². The molecule has 0 radical (unpaired) electrons. The monoisotopic (exact) mass is 422 g/mol. The minimum atomic E-state index is -0.0761. The highest BCUT2D eigenvalue weighted by Crippen LogP contribution is 2.32. The van der Waals surface area contributed by atoms with Gasteiger partial charge in [-0.3, -0.25) is 0 Å². The first kappa shape index (κ1) is 18.2. The average molecular weight is 424 g/mol. The molecular weight excluding hydrogens is 404 g/mol. The van der Waals surface area contributed by atoms with Crippen molar-refractivity contribution in [1.29, 1.82) is 0 Å². The maximum atomic E-state index is 6.26. The molecule has 1 aliphatic carbocycles. The van der Waals surface area contributed by atoms with Gasteiger partial charge in [-0.25, -0.2) is 0 Å². The SMILES string of the molecule is Cc1noc(-c2ccc(Br)cc2)c1NCOC(C)C1=CCCC=C1Cl. The molecule has 3 rings (SSSR count). The number of rotatable bonds is 6. The normalized spacial score (nSPS) is 15.5. The molecular formula is C19H20BrClN2O2. The number of hydrogen-bond donors (Lipinski definition) is 1. The lowest BCUT2D eigenvalue weighted by molar-refractivity contribution is 0.107. The summed E-state index contributed by atoms with van der Waals surface area (Å²) in [5.74, 6) is 0.705. The Kier molecular flexibility index (Phi) is 5.99. The molecule has 6 heteroatoms. The lowest BCUT2D eigenvalue weighted by Gasteiger charge is -2.19. The van der Waals surface area contributed by atoms with Crippen LogP contribution in [0.15, 0.2) is 56.0 Å². The fraction of sp³-hybridized carbons (Fsp3) is 0.316. The summed E-state index contributed by atoms with van der Waals surface area (Å²) in [6.45, 7) is 4.25. The van der Waals surface area contributed by atoms with Gasteiger partial charge in [-0.2, -0.15) is 0 Å². The van der Waals surface area contributed by atoms with Crippen LogP contribution in [0.25, 0.3) is 11.3 Å². The molecule has 1 unspecified atom stereocenters. The molecule has 0 spiro atoms. The van der Waals surface area contributed by atoms with Gasteiger partial charge in [-0.1, -0.05) is 44.8 Å². The van der Waals surface area contributed by atoms with Crippen LogP contribution >= 0.6 is 27.5 Å². The lowest BCUT2D eigenvalue weighted by atomic mass is 10.0. The largest absolute Gasteiger partial charge is 0.358 e. The van der Waals surface area contributed by atoms with Gasteiger partial charge in [0.05, 0.1) is 6.10 Å². The summed E-state index contributed by atoms with van der Waals surface area (Å²) in [7, 11) is 0. The summed E-state index contributed by atoms with van der Waals surface area (Å²) in [5, 5.41) is 8.14. The summed E-state index contributed by atoms with van der Waals surface area (Å²) >= 11 is 9.70. The van der Waals surface area contributed by atoms with Crippen LogP contribution in [-0.4, -0.2) is 18.0 Å². The average Bonchev–Trinajstić information content (AvgIpc) is 2.97. The van der Waals surface area contributed by atoms with Crippen LogP contribution < -0.4 is 5.32 Å². The van der Waals surface area contributed by atoms with E-state index in [0.29, 0.717) is 12.5 Å². The third-order valence-electron chi connectivity index (χ3n) is 4.12. The fourth-order valence-electron chi connectivity index (χ4n) is 2.73. The molecule has 0 bridgehead atoms. The van der Waals surface area contributed by atoms with Crippen molar-refractivity contribution < 1.29 is 9.26 Å². The van der Waals surface area contributed by atoms with Crippen molar-refractivity contribution in [3.05, 3.63) is 57.2 Å². The summed E-state index contributed by atoms with van der Waals surface area (Å²) in [6.07, 6.45) is 6.10. The first-order valence-electron chi connectivity index (χ1n) is 8.20. The van der Waals surface area contributed by atoms with Crippen LogP contribution in [0.2, 0.25) is 0 Å². The van der Waals surface area contributed by atoms with E-state index in [-0.39, 0.29) is 6.10 Å². The number of benzene rings is 1. The predicted octanol–water partition coefficient (Wildman–Crippen LogP) is 6.03. The number of anilines is 1.